The third-order valence-electron chi connectivity index (χ3n) is 4.76. The van der Waals surface area contributed by atoms with Crippen molar-refractivity contribution in [2.45, 2.75) is 19.6 Å². The minimum absolute atomic E-state index is 0.203. The van der Waals surface area contributed by atoms with Crippen LogP contribution in [0.15, 0.2) is 91.5 Å². The first-order valence-electron chi connectivity index (χ1n) is 9.36. The molecule has 0 aliphatic heterocycles. The Labute approximate surface area is 164 Å². The monoisotopic (exact) mass is 371 g/mol. The predicted octanol–water partition coefficient (Wildman–Crippen LogP) is 5.03. The number of hydrogen-bond acceptors (Lipinski definition) is 2. The van der Waals surface area contributed by atoms with Crippen LogP contribution >= 0.6 is 0 Å². The molecule has 140 valence electrons. The van der Waals surface area contributed by atoms with Gasteiger partial charge in [-0.3, -0.25) is 0 Å². The molecule has 0 unspecified atom stereocenters. The van der Waals surface area contributed by atoms with E-state index < -0.39 is 0 Å². The summed E-state index contributed by atoms with van der Waals surface area (Å²) in [5.74, 6) is -0.203. The first-order valence-corrected chi connectivity index (χ1v) is 9.36. The van der Waals surface area contributed by atoms with Crippen LogP contribution in [0.25, 0.3) is 11.1 Å². The highest BCUT2D eigenvalue weighted by molar-refractivity contribution is 5.67. The molecule has 0 amide bonds. The molecule has 1 aromatic heterocycles. The maximum absolute atomic E-state index is 13.0. The SMILES string of the molecule is Fc1ccc(CNCc2ccccc2-c2ccc(Cn3ccnc3)cc2)cc1. The lowest BCUT2D eigenvalue weighted by molar-refractivity contribution is 0.625. The summed E-state index contributed by atoms with van der Waals surface area (Å²) < 4.78 is 15.1. The van der Waals surface area contributed by atoms with Crippen LogP contribution in [0.3, 0.4) is 0 Å². The Balaban J connectivity index is 1.44. The van der Waals surface area contributed by atoms with Crippen LogP contribution in [0.1, 0.15) is 16.7 Å². The van der Waals surface area contributed by atoms with Gasteiger partial charge < -0.3 is 9.88 Å². The van der Waals surface area contributed by atoms with Gasteiger partial charge in [0.05, 0.1) is 6.33 Å². The highest BCUT2D eigenvalue weighted by Gasteiger charge is 2.05. The van der Waals surface area contributed by atoms with E-state index in [1.54, 1.807) is 6.20 Å². The zero-order chi connectivity index (χ0) is 19.2. The topological polar surface area (TPSA) is 29.9 Å². The van der Waals surface area contributed by atoms with Gasteiger partial charge in [-0.15, -0.1) is 0 Å². The molecule has 0 aliphatic carbocycles. The van der Waals surface area contributed by atoms with Crippen molar-refractivity contribution in [3.8, 4) is 11.1 Å². The first kappa shape index (κ1) is 18.1. The van der Waals surface area contributed by atoms with E-state index in [4.69, 9.17) is 0 Å². The van der Waals surface area contributed by atoms with Gasteiger partial charge in [0.25, 0.3) is 0 Å². The molecule has 0 saturated heterocycles. The number of aromatic nitrogens is 2. The van der Waals surface area contributed by atoms with Crippen LogP contribution in [0.2, 0.25) is 0 Å². The van der Waals surface area contributed by atoms with Crippen molar-refractivity contribution in [1.82, 2.24) is 14.9 Å². The van der Waals surface area contributed by atoms with E-state index in [1.807, 2.05) is 24.7 Å². The molecule has 4 heteroatoms. The zero-order valence-electron chi connectivity index (χ0n) is 15.6. The largest absolute Gasteiger partial charge is 0.333 e. The summed E-state index contributed by atoms with van der Waals surface area (Å²) in [6.45, 7) is 2.28. The summed E-state index contributed by atoms with van der Waals surface area (Å²) in [5, 5.41) is 3.46. The van der Waals surface area contributed by atoms with Gasteiger partial charge >= 0.3 is 0 Å². The number of benzene rings is 3. The van der Waals surface area contributed by atoms with Gasteiger partial charge in [0.1, 0.15) is 5.82 Å². The van der Waals surface area contributed by atoms with Gasteiger partial charge in [-0.2, -0.15) is 0 Å². The second-order valence-corrected chi connectivity index (χ2v) is 6.82. The average molecular weight is 371 g/mol. The number of nitrogens with zero attached hydrogens (tertiary/aromatic N) is 2. The Morgan fingerprint density at radius 3 is 2.32 bits per heavy atom. The smallest absolute Gasteiger partial charge is 0.123 e. The lowest BCUT2D eigenvalue weighted by Crippen LogP contribution is -2.13. The third-order valence-corrected chi connectivity index (χ3v) is 4.76. The fraction of sp³-hybridized carbons (Fsp3) is 0.125. The van der Waals surface area contributed by atoms with Crippen LogP contribution in [0.5, 0.6) is 0 Å². The van der Waals surface area contributed by atoms with Crippen LogP contribution < -0.4 is 5.32 Å². The van der Waals surface area contributed by atoms with Crippen LogP contribution in [-0.4, -0.2) is 9.55 Å². The molecule has 0 atom stereocenters. The van der Waals surface area contributed by atoms with E-state index in [0.29, 0.717) is 6.54 Å². The van der Waals surface area contributed by atoms with E-state index in [-0.39, 0.29) is 5.82 Å². The van der Waals surface area contributed by atoms with Crippen molar-refractivity contribution in [3.63, 3.8) is 0 Å². The van der Waals surface area contributed by atoms with E-state index >= 15 is 0 Å². The summed E-state index contributed by atoms with van der Waals surface area (Å²) in [7, 11) is 0. The number of halogens is 1. The number of nitrogens with one attached hydrogen (secondary N) is 1. The molecule has 28 heavy (non-hydrogen) atoms. The normalized spacial score (nSPS) is 10.9. The molecule has 0 saturated carbocycles. The molecule has 0 bridgehead atoms. The van der Waals surface area contributed by atoms with Gasteiger partial charge in [-0.1, -0.05) is 60.7 Å². The molecular weight excluding hydrogens is 349 g/mol. The molecule has 0 radical (unpaired) electrons. The molecule has 3 nitrogen and oxygen atoms in total. The molecular formula is C24H22FN3. The zero-order valence-corrected chi connectivity index (χ0v) is 15.6. The van der Waals surface area contributed by atoms with E-state index in [9.17, 15) is 4.39 Å². The molecule has 1 N–H and O–H groups in total. The molecule has 4 rings (SSSR count). The highest BCUT2D eigenvalue weighted by atomic mass is 19.1. The molecule has 0 aliphatic rings. The highest BCUT2D eigenvalue weighted by Crippen LogP contribution is 2.24. The number of rotatable bonds is 7. The lowest BCUT2D eigenvalue weighted by Gasteiger charge is -2.12. The second kappa shape index (κ2) is 8.63. The minimum atomic E-state index is -0.203. The summed E-state index contributed by atoms with van der Waals surface area (Å²) in [6, 6.07) is 23.7. The quantitative estimate of drug-likeness (QED) is 0.494. The number of imidazole rings is 1. The van der Waals surface area contributed by atoms with E-state index in [0.717, 1.165) is 18.7 Å². The van der Waals surface area contributed by atoms with Gasteiger partial charge in [0.2, 0.25) is 0 Å². The van der Waals surface area contributed by atoms with Crippen molar-refractivity contribution in [2.24, 2.45) is 0 Å². The van der Waals surface area contributed by atoms with Gasteiger partial charge in [0, 0.05) is 32.0 Å². The molecule has 1 heterocycles. The molecule has 0 spiro atoms. The standard InChI is InChI=1S/C24H22FN3/c25-23-11-7-19(8-12-23)15-27-16-22-3-1-2-4-24(22)21-9-5-20(6-10-21)17-28-14-13-26-18-28/h1-14,18,27H,15-17H2. The third kappa shape index (κ3) is 4.53. The predicted molar refractivity (Wildman–Crippen MR) is 110 cm³/mol. The summed E-state index contributed by atoms with van der Waals surface area (Å²) in [5.41, 5.74) is 5.99. The fourth-order valence-corrected chi connectivity index (χ4v) is 3.28. The van der Waals surface area contributed by atoms with Crippen molar-refractivity contribution < 1.29 is 4.39 Å². The maximum Gasteiger partial charge on any atom is 0.123 e. The Morgan fingerprint density at radius 2 is 1.57 bits per heavy atom. The van der Waals surface area contributed by atoms with Gasteiger partial charge in [-0.25, -0.2) is 9.37 Å². The van der Waals surface area contributed by atoms with Crippen molar-refractivity contribution in [3.05, 3.63) is 114 Å². The number of hydrogen-bond donors (Lipinski definition) is 1. The van der Waals surface area contributed by atoms with Crippen LogP contribution in [0.4, 0.5) is 4.39 Å². The van der Waals surface area contributed by atoms with Gasteiger partial charge in [0.15, 0.2) is 0 Å². The summed E-state index contributed by atoms with van der Waals surface area (Å²) in [4.78, 5) is 4.09. The van der Waals surface area contributed by atoms with Crippen molar-refractivity contribution >= 4 is 0 Å². The Kier molecular flexibility index (Phi) is 5.59. The van der Waals surface area contributed by atoms with Crippen molar-refractivity contribution in [2.75, 3.05) is 0 Å². The Morgan fingerprint density at radius 1 is 0.821 bits per heavy atom. The van der Waals surface area contributed by atoms with Crippen LogP contribution in [-0.2, 0) is 19.6 Å². The second-order valence-electron chi connectivity index (χ2n) is 6.82. The van der Waals surface area contributed by atoms with Crippen molar-refractivity contribution in [1.29, 1.82) is 0 Å². The maximum atomic E-state index is 13.0. The molecule has 4 aromatic rings. The minimum Gasteiger partial charge on any atom is -0.333 e. The van der Waals surface area contributed by atoms with Gasteiger partial charge in [-0.05, 0) is 39.9 Å². The Hall–Kier alpha value is -3.24. The summed E-state index contributed by atoms with van der Waals surface area (Å²) >= 11 is 0. The summed E-state index contributed by atoms with van der Waals surface area (Å²) in [6.07, 6.45) is 5.59. The van der Waals surface area contributed by atoms with E-state index in [2.05, 4.69) is 63.4 Å². The lowest BCUT2D eigenvalue weighted by atomic mass is 9.98. The molecule has 3 aromatic carbocycles. The van der Waals surface area contributed by atoms with Crippen LogP contribution in [0, 0.1) is 5.82 Å². The molecule has 0 fully saturated rings. The first-order chi connectivity index (χ1) is 13.8. The Bertz CT molecular complexity index is 1010. The van der Waals surface area contributed by atoms with E-state index in [1.165, 1.54) is 34.4 Å². The average Bonchev–Trinajstić information content (AvgIpc) is 3.24. The fourth-order valence-electron chi connectivity index (χ4n) is 3.28.